The molecule has 0 saturated carbocycles. The first kappa shape index (κ1) is 14.0. The lowest BCUT2D eigenvalue weighted by Gasteiger charge is -2.13. The van der Waals surface area contributed by atoms with E-state index < -0.39 is 0 Å². The first-order valence-electron chi connectivity index (χ1n) is 6.79. The summed E-state index contributed by atoms with van der Waals surface area (Å²) in [5.74, 6) is 2.75. The van der Waals surface area contributed by atoms with Crippen molar-refractivity contribution in [1.29, 1.82) is 0 Å². The van der Waals surface area contributed by atoms with Gasteiger partial charge in [0.05, 0.1) is 11.4 Å². The van der Waals surface area contributed by atoms with E-state index >= 15 is 0 Å². The first-order chi connectivity index (χ1) is 8.70. The topological polar surface area (TPSA) is 39.9 Å². The lowest BCUT2D eigenvalue weighted by molar-refractivity contribution is 0.104. The van der Waals surface area contributed by atoms with Crippen LogP contribution in [0.1, 0.15) is 44.8 Å². The minimum Gasteiger partial charge on any atom is -0.378 e. The lowest BCUT2D eigenvalue weighted by Crippen LogP contribution is -2.14. The summed E-state index contributed by atoms with van der Waals surface area (Å²) in [6.45, 7) is 6.37. The van der Waals surface area contributed by atoms with Crippen molar-refractivity contribution in [2.24, 2.45) is 5.92 Å². The van der Waals surface area contributed by atoms with E-state index in [9.17, 15) is 0 Å². The summed E-state index contributed by atoms with van der Waals surface area (Å²) in [5.41, 5.74) is 0. The monoisotopic (exact) mass is 315 g/mol. The number of hydrogen-bond donors (Lipinski definition) is 0. The molecule has 0 N–H and O–H groups in total. The van der Waals surface area contributed by atoms with Gasteiger partial charge in [-0.05, 0) is 25.2 Å². The highest BCUT2D eigenvalue weighted by Crippen LogP contribution is 2.18. The van der Waals surface area contributed by atoms with E-state index in [1.54, 1.807) is 0 Å². The van der Waals surface area contributed by atoms with E-state index in [2.05, 4.69) is 44.5 Å². The van der Waals surface area contributed by atoms with Crippen molar-refractivity contribution in [3.63, 3.8) is 0 Å². The van der Waals surface area contributed by atoms with Crippen LogP contribution in [0.15, 0.2) is 0 Å². The Morgan fingerprint density at radius 3 is 2.78 bits per heavy atom. The van der Waals surface area contributed by atoms with Crippen LogP contribution in [0.2, 0.25) is 0 Å². The molecule has 4 nitrogen and oxygen atoms in total. The van der Waals surface area contributed by atoms with Gasteiger partial charge in [-0.25, -0.2) is 0 Å². The van der Waals surface area contributed by atoms with Crippen LogP contribution in [0.4, 0.5) is 0 Å². The van der Waals surface area contributed by atoms with Crippen LogP contribution in [-0.2, 0) is 23.0 Å². The highest BCUT2D eigenvalue weighted by Gasteiger charge is 2.18. The molecular weight excluding hydrogens is 294 g/mol. The van der Waals surface area contributed by atoms with E-state index in [-0.39, 0.29) is 0 Å². The highest BCUT2D eigenvalue weighted by molar-refractivity contribution is 9.08. The Kier molecular flexibility index (Phi) is 5.18. The summed E-state index contributed by atoms with van der Waals surface area (Å²) in [6, 6.07) is 0. The molecule has 5 heteroatoms. The third kappa shape index (κ3) is 3.54. The Balaban J connectivity index is 1.99. The average Bonchev–Trinajstić information content (AvgIpc) is 2.95. The van der Waals surface area contributed by atoms with E-state index in [1.165, 1.54) is 12.8 Å². The molecule has 1 saturated heterocycles. The van der Waals surface area contributed by atoms with E-state index in [0.29, 0.717) is 12.0 Å². The van der Waals surface area contributed by atoms with Crippen molar-refractivity contribution in [1.82, 2.24) is 14.8 Å². The number of ether oxygens (including phenoxy) is 1. The first-order valence-corrected chi connectivity index (χ1v) is 7.91. The van der Waals surface area contributed by atoms with Gasteiger partial charge in [0.25, 0.3) is 0 Å². The molecule has 1 atom stereocenters. The quantitative estimate of drug-likeness (QED) is 0.758. The highest BCUT2D eigenvalue weighted by atomic mass is 79.9. The number of halogens is 1. The molecule has 0 aromatic carbocycles. The molecule has 2 heterocycles. The van der Waals surface area contributed by atoms with Gasteiger partial charge in [-0.15, -0.1) is 10.2 Å². The van der Waals surface area contributed by atoms with Crippen molar-refractivity contribution in [3.8, 4) is 0 Å². The zero-order chi connectivity index (χ0) is 13.0. The maximum Gasteiger partial charge on any atom is 0.143 e. The third-order valence-corrected chi connectivity index (χ3v) is 3.79. The molecule has 1 aromatic heterocycles. The Hall–Kier alpha value is -0.420. The fourth-order valence-corrected chi connectivity index (χ4v) is 2.81. The Morgan fingerprint density at radius 1 is 1.39 bits per heavy atom. The zero-order valence-corrected chi connectivity index (χ0v) is 12.8. The van der Waals surface area contributed by atoms with Crippen molar-refractivity contribution >= 4 is 15.9 Å². The molecular formula is C13H22BrN3O. The molecule has 2 rings (SSSR count). The van der Waals surface area contributed by atoms with E-state index in [4.69, 9.17) is 4.74 Å². The molecule has 18 heavy (non-hydrogen) atoms. The Morgan fingerprint density at radius 2 is 2.17 bits per heavy atom. The van der Waals surface area contributed by atoms with Crippen molar-refractivity contribution < 1.29 is 4.74 Å². The number of rotatable bonds is 6. The normalized spacial score (nSPS) is 19.9. The van der Waals surface area contributed by atoms with Gasteiger partial charge < -0.3 is 9.30 Å². The number of hydrogen-bond acceptors (Lipinski definition) is 3. The van der Waals surface area contributed by atoms with Crippen LogP contribution < -0.4 is 0 Å². The second kappa shape index (κ2) is 6.66. The van der Waals surface area contributed by atoms with Gasteiger partial charge in [-0.2, -0.15) is 0 Å². The predicted octanol–water partition coefficient (Wildman–Crippen LogP) is 2.94. The van der Waals surface area contributed by atoms with Gasteiger partial charge in [0.15, 0.2) is 0 Å². The van der Waals surface area contributed by atoms with E-state index in [1.807, 2.05) is 0 Å². The summed E-state index contributed by atoms with van der Waals surface area (Å²) in [6.07, 6.45) is 4.87. The SMILES string of the molecule is CC(C)Cn1c(CBr)nnc1CCC1CCCO1. The van der Waals surface area contributed by atoms with Gasteiger partial charge >= 0.3 is 0 Å². The van der Waals surface area contributed by atoms with Crippen LogP contribution in [0, 0.1) is 5.92 Å². The smallest absolute Gasteiger partial charge is 0.143 e. The third-order valence-electron chi connectivity index (χ3n) is 3.29. The molecule has 0 spiro atoms. The molecule has 1 aromatic rings. The summed E-state index contributed by atoms with van der Waals surface area (Å²) < 4.78 is 7.92. The van der Waals surface area contributed by atoms with Crippen molar-refractivity contribution in [2.75, 3.05) is 6.61 Å². The zero-order valence-electron chi connectivity index (χ0n) is 11.2. The Labute approximate surface area is 117 Å². The van der Waals surface area contributed by atoms with Crippen LogP contribution >= 0.6 is 15.9 Å². The van der Waals surface area contributed by atoms with Gasteiger partial charge in [0.1, 0.15) is 11.6 Å². The second-order valence-corrected chi connectivity index (χ2v) is 5.90. The van der Waals surface area contributed by atoms with Crippen LogP contribution in [0.25, 0.3) is 0 Å². The van der Waals surface area contributed by atoms with Crippen LogP contribution in [0.3, 0.4) is 0 Å². The second-order valence-electron chi connectivity index (χ2n) is 5.34. The Bertz CT molecular complexity index is 372. The fraction of sp³-hybridized carbons (Fsp3) is 0.846. The van der Waals surface area contributed by atoms with Crippen LogP contribution in [0.5, 0.6) is 0 Å². The summed E-state index contributed by atoms with van der Waals surface area (Å²) in [5, 5.41) is 9.36. The number of aromatic nitrogens is 3. The number of alkyl halides is 1. The summed E-state index contributed by atoms with van der Waals surface area (Å²) in [4.78, 5) is 0. The molecule has 102 valence electrons. The number of nitrogens with zero attached hydrogens (tertiary/aromatic N) is 3. The minimum atomic E-state index is 0.432. The molecule has 1 unspecified atom stereocenters. The standard InChI is InChI=1S/C13H22BrN3O/c1-10(2)9-17-12(15-16-13(17)8-14)6-5-11-4-3-7-18-11/h10-11H,3-9H2,1-2H3. The van der Waals surface area contributed by atoms with Gasteiger partial charge in [0.2, 0.25) is 0 Å². The predicted molar refractivity (Wildman–Crippen MR) is 74.8 cm³/mol. The molecule has 1 aliphatic rings. The fourth-order valence-electron chi connectivity index (χ4n) is 2.39. The van der Waals surface area contributed by atoms with Crippen LogP contribution in [-0.4, -0.2) is 27.5 Å². The molecule has 0 radical (unpaired) electrons. The van der Waals surface area contributed by atoms with Crippen molar-refractivity contribution in [2.45, 2.75) is 57.5 Å². The molecule has 1 fully saturated rings. The molecule has 0 amide bonds. The number of aryl methyl sites for hydroxylation is 1. The van der Waals surface area contributed by atoms with Gasteiger partial charge in [-0.1, -0.05) is 29.8 Å². The van der Waals surface area contributed by atoms with Crippen molar-refractivity contribution in [3.05, 3.63) is 11.6 Å². The van der Waals surface area contributed by atoms with E-state index in [0.717, 1.165) is 43.0 Å². The average molecular weight is 316 g/mol. The molecule has 0 aliphatic carbocycles. The maximum atomic E-state index is 5.66. The van der Waals surface area contributed by atoms with Gasteiger partial charge in [0, 0.05) is 19.6 Å². The maximum absolute atomic E-state index is 5.66. The molecule has 0 bridgehead atoms. The summed E-state index contributed by atoms with van der Waals surface area (Å²) in [7, 11) is 0. The molecule has 1 aliphatic heterocycles. The summed E-state index contributed by atoms with van der Waals surface area (Å²) >= 11 is 3.48. The lowest BCUT2D eigenvalue weighted by atomic mass is 10.1. The minimum absolute atomic E-state index is 0.432. The van der Waals surface area contributed by atoms with Gasteiger partial charge in [-0.3, -0.25) is 0 Å². The largest absolute Gasteiger partial charge is 0.378 e.